The molecule has 0 bridgehead atoms. The van der Waals surface area contributed by atoms with E-state index < -0.39 is 0 Å². The molecule has 1 amide bonds. The minimum atomic E-state index is -0.00809. The van der Waals surface area contributed by atoms with Gasteiger partial charge in [0.15, 0.2) is 0 Å². The molecule has 1 fully saturated rings. The van der Waals surface area contributed by atoms with Crippen LogP contribution in [0.25, 0.3) is 0 Å². The number of hydrogen-bond acceptors (Lipinski definition) is 5. The number of morpholine rings is 1. The van der Waals surface area contributed by atoms with E-state index in [0.29, 0.717) is 25.3 Å². The van der Waals surface area contributed by atoms with Gasteiger partial charge in [-0.15, -0.1) is 0 Å². The molecule has 2 heterocycles. The van der Waals surface area contributed by atoms with Crippen LogP contribution in [0.2, 0.25) is 0 Å². The van der Waals surface area contributed by atoms with Gasteiger partial charge in [-0.25, -0.2) is 0 Å². The molecule has 100 valence electrons. The van der Waals surface area contributed by atoms with Gasteiger partial charge in [0, 0.05) is 18.8 Å². The molecule has 1 saturated heterocycles. The van der Waals surface area contributed by atoms with Crippen LogP contribution < -0.4 is 10.7 Å². The van der Waals surface area contributed by atoms with Crippen LogP contribution in [-0.4, -0.2) is 42.9 Å². The second-order valence-electron chi connectivity index (χ2n) is 4.59. The molecule has 0 spiro atoms. The monoisotopic (exact) mass is 260 g/mol. The number of amidine groups is 1. The Bertz CT molecular complexity index is 506. The fraction of sp³-hybridized carbons (Fsp3) is 0.385. The molecule has 6 heteroatoms. The van der Waals surface area contributed by atoms with Gasteiger partial charge >= 0.3 is 0 Å². The van der Waals surface area contributed by atoms with Crippen LogP contribution in [0, 0.1) is 0 Å². The van der Waals surface area contributed by atoms with Gasteiger partial charge in [0.1, 0.15) is 5.84 Å². The first kappa shape index (κ1) is 12.0. The summed E-state index contributed by atoms with van der Waals surface area (Å²) in [7, 11) is 0. The van der Waals surface area contributed by atoms with Crippen LogP contribution >= 0.6 is 0 Å². The first-order valence-electron chi connectivity index (χ1n) is 6.33. The Morgan fingerprint density at radius 1 is 1.16 bits per heavy atom. The molecule has 0 aromatic heterocycles. The topological polar surface area (TPSA) is 71.2 Å². The van der Waals surface area contributed by atoms with Crippen LogP contribution in [-0.2, 0) is 9.53 Å². The minimum Gasteiger partial charge on any atom is -0.399 e. The lowest BCUT2D eigenvalue weighted by Gasteiger charge is -2.27. The third kappa shape index (κ3) is 2.39. The molecule has 0 aliphatic carbocycles. The van der Waals surface area contributed by atoms with Crippen molar-refractivity contribution >= 4 is 23.1 Å². The highest BCUT2D eigenvalue weighted by Crippen LogP contribution is 2.22. The summed E-state index contributed by atoms with van der Waals surface area (Å²) in [6, 6.07) is 7.15. The molecule has 0 saturated carbocycles. The van der Waals surface area contributed by atoms with E-state index in [1.807, 2.05) is 0 Å². The van der Waals surface area contributed by atoms with Crippen LogP contribution in [0.5, 0.6) is 0 Å². The van der Waals surface area contributed by atoms with Crippen molar-refractivity contribution in [2.45, 2.75) is 6.42 Å². The van der Waals surface area contributed by atoms with Gasteiger partial charge in [0.2, 0.25) is 0 Å². The molecule has 2 N–H and O–H groups in total. The summed E-state index contributed by atoms with van der Waals surface area (Å²) < 4.78 is 5.30. The van der Waals surface area contributed by atoms with E-state index in [4.69, 9.17) is 10.5 Å². The molecule has 1 aromatic carbocycles. The zero-order valence-corrected chi connectivity index (χ0v) is 10.6. The third-order valence-corrected chi connectivity index (χ3v) is 3.27. The van der Waals surface area contributed by atoms with Crippen molar-refractivity contribution in [3.63, 3.8) is 0 Å². The Morgan fingerprint density at radius 3 is 2.53 bits per heavy atom. The standard InChI is InChI=1S/C13H16N4O2/c14-10-1-3-11(4-2-10)17-13(18)9-12(15-17)16-5-7-19-8-6-16/h1-4H,5-9,14H2. The van der Waals surface area contributed by atoms with Crippen LogP contribution in [0.1, 0.15) is 6.42 Å². The first-order valence-corrected chi connectivity index (χ1v) is 6.33. The molecule has 19 heavy (non-hydrogen) atoms. The van der Waals surface area contributed by atoms with Crippen molar-refractivity contribution < 1.29 is 9.53 Å². The number of amides is 1. The molecule has 6 nitrogen and oxygen atoms in total. The van der Waals surface area contributed by atoms with E-state index in [2.05, 4.69) is 10.0 Å². The van der Waals surface area contributed by atoms with Gasteiger partial charge in [-0.2, -0.15) is 10.1 Å². The maximum absolute atomic E-state index is 12.0. The number of hydrogen-bond donors (Lipinski definition) is 1. The number of carbonyl (C=O) groups is 1. The van der Waals surface area contributed by atoms with E-state index in [-0.39, 0.29) is 5.91 Å². The molecule has 0 unspecified atom stereocenters. The number of carbonyl (C=O) groups excluding carboxylic acids is 1. The van der Waals surface area contributed by atoms with E-state index in [1.54, 1.807) is 24.3 Å². The van der Waals surface area contributed by atoms with Gasteiger partial charge in [0.05, 0.1) is 25.3 Å². The largest absolute Gasteiger partial charge is 0.399 e. The number of nitrogen functional groups attached to an aromatic ring is 1. The number of rotatable bonds is 1. The highest BCUT2D eigenvalue weighted by atomic mass is 16.5. The molecular formula is C13H16N4O2. The van der Waals surface area contributed by atoms with Crippen molar-refractivity contribution in [1.29, 1.82) is 0 Å². The fourth-order valence-electron chi connectivity index (χ4n) is 2.23. The Kier molecular flexibility index (Phi) is 3.08. The van der Waals surface area contributed by atoms with Crippen LogP contribution in [0.4, 0.5) is 11.4 Å². The zero-order chi connectivity index (χ0) is 13.2. The molecule has 2 aliphatic heterocycles. The molecule has 3 rings (SSSR count). The first-order chi connectivity index (χ1) is 9.24. The lowest BCUT2D eigenvalue weighted by atomic mass is 10.2. The second-order valence-corrected chi connectivity index (χ2v) is 4.59. The van der Waals surface area contributed by atoms with Gasteiger partial charge in [-0.1, -0.05) is 0 Å². The summed E-state index contributed by atoms with van der Waals surface area (Å²) in [4.78, 5) is 14.1. The molecule has 1 aromatic rings. The number of hydrazone groups is 1. The fourth-order valence-corrected chi connectivity index (χ4v) is 2.23. The number of nitrogens with two attached hydrogens (primary N) is 1. The van der Waals surface area contributed by atoms with E-state index in [9.17, 15) is 4.79 Å². The van der Waals surface area contributed by atoms with Gasteiger partial charge < -0.3 is 15.4 Å². The number of anilines is 2. The Hall–Kier alpha value is -2.08. The summed E-state index contributed by atoms with van der Waals surface area (Å²) in [5.41, 5.74) is 7.07. The number of nitrogens with zero attached hydrogens (tertiary/aromatic N) is 3. The van der Waals surface area contributed by atoms with Crippen LogP contribution in [0.3, 0.4) is 0 Å². The highest BCUT2D eigenvalue weighted by Gasteiger charge is 2.29. The van der Waals surface area contributed by atoms with Crippen molar-refractivity contribution in [2.24, 2.45) is 5.10 Å². The summed E-state index contributed by atoms with van der Waals surface area (Å²) >= 11 is 0. The molecular weight excluding hydrogens is 244 g/mol. The predicted octanol–water partition coefficient (Wildman–Crippen LogP) is 0.651. The van der Waals surface area contributed by atoms with E-state index >= 15 is 0 Å². The normalized spacial score (nSPS) is 19.8. The lowest BCUT2D eigenvalue weighted by molar-refractivity contribution is -0.117. The van der Waals surface area contributed by atoms with Crippen LogP contribution in [0.15, 0.2) is 29.4 Å². The van der Waals surface area contributed by atoms with Gasteiger partial charge in [-0.05, 0) is 24.3 Å². The number of ether oxygens (including phenoxy) is 1. The van der Waals surface area contributed by atoms with Gasteiger partial charge in [-0.3, -0.25) is 4.79 Å². The quantitative estimate of drug-likeness (QED) is 0.753. The van der Waals surface area contributed by atoms with Crippen molar-refractivity contribution in [3.8, 4) is 0 Å². The molecule has 2 aliphatic rings. The smallest absolute Gasteiger partial charge is 0.255 e. The highest BCUT2D eigenvalue weighted by molar-refractivity contribution is 6.12. The molecule has 0 atom stereocenters. The van der Waals surface area contributed by atoms with E-state index in [1.165, 1.54) is 5.01 Å². The summed E-state index contributed by atoms with van der Waals surface area (Å²) in [6.45, 7) is 2.97. The maximum atomic E-state index is 12.0. The Labute approximate surface area is 111 Å². The average molecular weight is 260 g/mol. The molecule has 0 radical (unpaired) electrons. The predicted molar refractivity (Wildman–Crippen MR) is 72.8 cm³/mol. The maximum Gasteiger partial charge on any atom is 0.255 e. The summed E-state index contributed by atoms with van der Waals surface area (Å²) in [6.07, 6.45) is 0.352. The third-order valence-electron chi connectivity index (χ3n) is 3.27. The Balaban J connectivity index is 1.80. The van der Waals surface area contributed by atoms with Crippen molar-refractivity contribution in [1.82, 2.24) is 4.90 Å². The lowest BCUT2D eigenvalue weighted by Crippen LogP contribution is -2.40. The summed E-state index contributed by atoms with van der Waals surface area (Å²) in [5.74, 6) is 0.816. The van der Waals surface area contributed by atoms with Crippen molar-refractivity contribution in [3.05, 3.63) is 24.3 Å². The zero-order valence-electron chi connectivity index (χ0n) is 10.6. The summed E-state index contributed by atoms with van der Waals surface area (Å²) in [5, 5.41) is 5.87. The number of benzene rings is 1. The average Bonchev–Trinajstić information content (AvgIpc) is 2.83. The van der Waals surface area contributed by atoms with E-state index in [0.717, 1.165) is 24.6 Å². The minimum absolute atomic E-state index is 0.00809. The van der Waals surface area contributed by atoms with Crippen molar-refractivity contribution in [2.75, 3.05) is 37.0 Å². The SMILES string of the molecule is Nc1ccc(N2N=C(N3CCOCC3)CC2=O)cc1. The Morgan fingerprint density at radius 2 is 1.84 bits per heavy atom. The second kappa shape index (κ2) is 4.89. The van der Waals surface area contributed by atoms with Gasteiger partial charge in [0.25, 0.3) is 5.91 Å².